The maximum absolute atomic E-state index is 11.3. The molecule has 0 bridgehead atoms. The molecule has 0 heterocycles. The van der Waals surface area contributed by atoms with Crippen LogP contribution in [0.25, 0.3) is 0 Å². The van der Waals surface area contributed by atoms with Crippen molar-refractivity contribution in [2.75, 3.05) is 20.7 Å². The summed E-state index contributed by atoms with van der Waals surface area (Å²) in [5.41, 5.74) is -0.615. The molecule has 2 N–H and O–H groups in total. The number of carbonyl (C=O) groups is 2. The van der Waals surface area contributed by atoms with E-state index in [4.69, 9.17) is 4.74 Å². The Morgan fingerprint density at radius 2 is 1.94 bits per heavy atom. The van der Waals surface area contributed by atoms with Crippen LogP contribution in [0.2, 0.25) is 0 Å². The fraction of sp³-hybridized carbons (Fsp3) is 0.800. The lowest BCUT2D eigenvalue weighted by Gasteiger charge is -2.23. The summed E-state index contributed by atoms with van der Waals surface area (Å²) in [5.74, 6) is -0.647. The Hall–Kier alpha value is -1.34. The van der Waals surface area contributed by atoms with Crippen LogP contribution >= 0.6 is 0 Å². The van der Waals surface area contributed by atoms with E-state index in [1.807, 2.05) is 0 Å². The molecule has 0 aliphatic carbocycles. The van der Waals surface area contributed by atoms with E-state index in [0.29, 0.717) is 5.06 Å². The van der Waals surface area contributed by atoms with Crippen LogP contribution in [0.15, 0.2) is 0 Å². The van der Waals surface area contributed by atoms with Crippen LogP contribution in [0.3, 0.4) is 0 Å². The summed E-state index contributed by atoms with van der Waals surface area (Å²) < 4.78 is 9.45. The summed E-state index contributed by atoms with van der Waals surface area (Å²) in [6.45, 7) is 5.07. The number of alkyl carbamates (subject to hydrolysis) is 1. The Labute approximate surface area is 101 Å². The van der Waals surface area contributed by atoms with Crippen molar-refractivity contribution in [2.45, 2.75) is 32.4 Å². The van der Waals surface area contributed by atoms with Gasteiger partial charge < -0.3 is 20.0 Å². The highest BCUT2D eigenvalue weighted by Gasteiger charge is 2.25. The highest BCUT2D eigenvalue weighted by atomic mass is 16.6. The Balaban J connectivity index is 4.23. The topological polar surface area (TPSA) is 88.1 Å². The smallest absolute Gasteiger partial charge is 0.407 e. The summed E-state index contributed by atoms with van der Waals surface area (Å²) in [7, 11) is 2.49. The number of methoxy groups -OCH3 is 1. The number of hydrogen-bond acceptors (Lipinski definition) is 6. The van der Waals surface area contributed by atoms with Crippen LogP contribution in [0.1, 0.15) is 20.8 Å². The molecule has 0 saturated heterocycles. The fourth-order valence-electron chi connectivity index (χ4n) is 0.998. The van der Waals surface area contributed by atoms with Gasteiger partial charge in [0, 0.05) is 13.6 Å². The Morgan fingerprint density at radius 1 is 1.41 bits per heavy atom. The second-order valence-electron chi connectivity index (χ2n) is 4.50. The monoisotopic (exact) mass is 248 g/mol. The van der Waals surface area contributed by atoms with Crippen molar-refractivity contribution < 1.29 is 24.3 Å². The van der Waals surface area contributed by atoms with Crippen LogP contribution in [-0.2, 0) is 14.3 Å². The van der Waals surface area contributed by atoms with E-state index in [0.717, 1.165) is 0 Å². The molecule has 1 amide bonds. The SMILES string of the molecule is COC(=O)C(CNC(=O)OC(C)(C)C)N(C)O. The summed E-state index contributed by atoms with van der Waals surface area (Å²) in [6.07, 6.45) is -0.659. The average molecular weight is 248 g/mol. The Bertz CT molecular complexity index is 272. The lowest BCUT2D eigenvalue weighted by Crippen LogP contribution is -2.47. The quantitative estimate of drug-likeness (QED) is 0.552. The van der Waals surface area contributed by atoms with Crippen molar-refractivity contribution in [3.63, 3.8) is 0 Å². The molecule has 0 aliphatic heterocycles. The molecule has 0 aromatic rings. The first-order valence-corrected chi connectivity index (χ1v) is 5.13. The van der Waals surface area contributed by atoms with Crippen molar-refractivity contribution in [1.82, 2.24) is 10.4 Å². The normalized spacial score (nSPS) is 13.1. The van der Waals surface area contributed by atoms with E-state index >= 15 is 0 Å². The second-order valence-corrected chi connectivity index (χ2v) is 4.50. The number of esters is 1. The number of hydrogen-bond donors (Lipinski definition) is 2. The standard InChI is InChI=1S/C10H20N2O5/c1-10(2,3)17-9(14)11-6-7(12(4)15)8(13)16-5/h7,15H,6H2,1-5H3,(H,11,14). The zero-order chi connectivity index (χ0) is 13.6. The molecule has 1 unspecified atom stereocenters. The van der Waals surface area contributed by atoms with Gasteiger partial charge in [-0.25, -0.2) is 4.79 Å². The molecule has 0 radical (unpaired) electrons. The Kier molecular flexibility index (Phi) is 5.90. The maximum atomic E-state index is 11.3. The molecule has 0 saturated carbocycles. The number of nitrogens with one attached hydrogen (secondary N) is 1. The van der Waals surface area contributed by atoms with Gasteiger partial charge in [-0.15, -0.1) is 0 Å². The predicted octanol–water partition coefficient (Wildman–Crippen LogP) is 0.374. The van der Waals surface area contributed by atoms with Crippen LogP contribution in [0, 0.1) is 0 Å². The molecule has 1 atom stereocenters. The zero-order valence-electron chi connectivity index (χ0n) is 10.8. The summed E-state index contributed by atoms with van der Waals surface area (Å²) in [5, 5.41) is 12.2. The first kappa shape index (κ1) is 15.7. The third-order valence-corrected chi connectivity index (χ3v) is 1.76. The molecule has 0 aromatic heterocycles. The van der Waals surface area contributed by atoms with Crippen LogP contribution in [0.4, 0.5) is 4.79 Å². The van der Waals surface area contributed by atoms with Crippen LogP contribution in [-0.4, -0.2) is 54.7 Å². The molecule has 0 rings (SSSR count). The van der Waals surface area contributed by atoms with Gasteiger partial charge in [0.1, 0.15) is 11.6 Å². The van der Waals surface area contributed by atoms with Crippen molar-refractivity contribution >= 4 is 12.1 Å². The second kappa shape index (κ2) is 6.41. The summed E-state index contributed by atoms with van der Waals surface area (Å²) in [6, 6.07) is -0.965. The van der Waals surface area contributed by atoms with E-state index in [2.05, 4.69) is 10.1 Å². The first-order valence-electron chi connectivity index (χ1n) is 5.13. The third-order valence-electron chi connectivity index (χ3n) is 1.76. The van der Waals surface area contributed by atoms with Gasteiger partial charge in [-0.2, -0.15) is 5.06 Å². The zero-order valence-corrected chi connectivity index (χ0v) is 10.8. The molecular weight excluding hydrogens is 228 g/mol. The summed E-state index contributed by atoms with van der Waals surface area (Å²) >= 11 is 0. The average Bonchev–Trinajstić information content (AvgIpc) is 2.14. The van der Waals surface area contributed by atoms with Gasteiger partial charge in [0.2, 0.25) is 0 Å². The van der Waals surface area contributed by atoms with Crippen molar-refractivity contribution in [2.24, 2.45) is 0 Å². The van der Waals surface area contributed by atoms with E-state index in [1.54, 1.807) is 20.8 Å². The van der Waals surface area contributed by atoms with E-state index in [9.17, 15) is 14.8 Å². The van der Waals surface area contributed by atoms with Gasteiger partial charge in [0.15, 0.2) is 0 Å². The lowest BCUT2D eigenvalue weighted by atomic mass is 10.2. The van der Waals surface area contributed by atoms with Gasteiger partial charge in [-0.3, -0.25) is 4.79 Å². The van der Waals surface area contributed by atoms with Gasteiger partial charge >= 0.3 is 12.1 Å². The summed E-state index contributed by atoms with van der Waals surface area (Å²) in [4.78, 5) is 22.5. The van der Waals surface area contributed by atoms with Crippen molar-refractivity contribution in [3.05, 3.63) is 0 Å². The minimum atomic E-state index is -0.965. The van der Waals surface area contributed by atoms with Crippen molar-refractivity contribution in [3.8, 4) is 0 Å². The number of rotatable bonds is 4. The largest absolute Gasteiger partial charge is 0.468 e. The predicted molar refractivity (Wildman–Crippen MR) is 59.6 cm³/mol. The minimum absolute atomic E-state index is 0.103. The van der Waals surface area contributed by atoms with Gasteiger partial charge in [0.25, 0.3) is 0 Å². The number of carbonyl (C=O) groups excluding carboxylic acids is 2. The molecular formula is C10H20N2O5. The molecule has 100 valence electrons. The lowest BCUT2D eigenvalue weighted by molar-refractivity contribution is -0.165. The Morgan fingerprint density at radius 3 is 2.29 bits per heavy atom. The number of hydroxylamine groups is 2. The molecule has 17 heavy (non-hydrogen) atoms. The van der Waals surface area contributed by atoms with Crippen molar-refractivity contribution in [1.29, 1.82) is 0 Å². The molecule has 7 heteroatoms. The number of likely N-dealkylation sites (N-methyl/N-ethyl adjacent to an activating group) is 1. The molecule has 0 aromatic carbocycles. The fourth-order valence-corrected chi connectivity index (χ4v) is 0.998. The van der Waals surface area contributed by atoms with E-state index in [-0.39, 0.29) is 6.54 Å². The van der Waals surface area contributed by atoms with Crippen LogP contribution < -0.4 is 5.32 Å². The van der Waals surface area contributed by atoms with E-state index < -0.39 is 23.7 Å². The molecule has 0 spiro atoms. The van der Waals surface area contributed by atoms with Crippen LogP contribution in [0.5, 0.6) is 0 Å². The molecule has 7 nitrogen and oxygen atoms in total. The third kappa shape index (κ3) is 6.75. The molecule has 0 aliphatic rings. The van der Waals surface area contributed by atoms with Gasteiger partial charge in [0.05, 0.1) is 7.11 Å². The number of amides is 1. The molecule has 0 fully saturated rings. The first-order chi connectivity index (χ1) is 7.67. The highest BCUT2D eigenvalue weighted by molar-refractivity contribution is 5.77. The minimum Gasteiger partial charge on any atom is -0.468 e. The number of nitrogens with zero attached hydrogens (tertiary/aromatic N) is 1. The van der Waals surface area contributed by atoms with Gasteiger partial charge in [-0.1, -0.05) is 0 Å². The maximum Gasteiger partial charge on any atom is 0.407 e. The highest BCUT2D eigenvalue weighted by Crippen LogP contribution is 2.06. The van der Waals surface area contributed by atoms with E-state index in [1.165, 1.54) is 14.2 Å². The van der Waals surface area contributed by atoms with Gasteiger partial charge in [-0.05, 0) is 20.8 Å². The number of ether oxygens (including phenoxy) is 2.